The van der Waals surface area contributed by atoms with Gasteiger partial charge >= 0.3 is 0 Å². The lowest BCUT2D eigenvalue weighted by atomic mass is 10.0. The fraction of sp³-hybridized carbons (Fsp3) is 0.346. The minimum absolute atomic E-state index is 0.0675. The molecule has 0 saturated heterocycles. The van der Waals surface area contributed by atoms with Gasteiger partial charge in [-0.3, -0.25) is 4.79 Å². The van der Waals surface area contributed by atoms with E-state index in [2.05, 4.69) is 43.9 Å². The Balaban J connectivity index is 1.82. The van der Waals surface area contributed by atoms with Crippen LogP contribution in [0.3, 0.4) is 0 Å². The molecule has 0 aliphatic rings. The van der Waals surface area contributed by atoms with Crippen LogP contribution in [0.25, 0.3) is 10.9 Å². The van der Waals surface area contributed by atoms with Crippen LogP contribution >= 0.6 is 0 Å². The molecular weight excluding hydrogens is 388 g/mol. The van der Waals surface area contributed by atoms with Crippen molar-refractivity contribution in [2.24, 2.45) is 0 Å². The van der Waals surface area contributed by atoms with Crippen LogP contribution in [0.5, 0.6) is 11.5 Å². The summed E-state index contributed by atoms with van der Waals surface area (Å²) in [4.78, 5) is 13.2. The molecule has 0 bridgehead atoms. The van der Waals surface area contributed by atoms with Crippen LogP contribution in [-0.2, 0) is 13.0 Å². The smallest absolute Gasteiger partial charge is 0.268 e. The SMILES string of the molecule is C=CCn1c(C(=O)NCCc2ccc(OC)c(OC)c2)c(C)c2cc(C(C)C)ccc21. The number of carbonyl (C=O) groups excluding carboxylic acids is 1. The molecule has 3 rings (SSSR count). The minimum Gasteiger partial charge on any atom is -0.493 e. The number of allylic oxidation sites excluding steroid dienone is 1. The number of methoxy groups -OCH3 is 2. The number of hydrogen-bond donors (Lipinski definition) is 1. The van der Waals surface area contributed by atoms with Gasteiger partial charge < -0.3 is 19.4 Å². The Morgan fingerprint density at radius 1 is 1.13 bits per heavy atom. The van der Waals surface area contributed by atoms with E-state index in [1.165, 1.54) is 5.56 Å². The van der Waals surface area contributed by atoms with E-state index in [1.54, 1.807) is 14.2 Å². The van der Waals surface area contributed by atoms with Gasteiger partial charge in [0, 0.05) is 24.0 Å². The summed E-state index contributed by atoms with van der Waals surface area (Å²) in [5.41, 5.74) is 5.10. The Morgan fingerprint density at radius 2 is 1.87 bits per heavy atom. The number of ether oxygens (including phenoxy) is 2. The summed E-state index contributed by atoms with van der Waals surface area (Å²) in [5.74, 6) is 1.75. The van der Waals surface area contributed by atoms with Crippen molar-refractivity contribution in [1.82, 2.24) is 9.88 Å². The summed E-state index contributed by atoms with van der Waals surface area (Å²) in [7, 11) is 3.24. The molecule has 164 valence electrons. The molecule has 5 heteroatoms. The standard InChI is InChI=1S/C26H32N2O3/c1-7-14-28-22-10-9-20(17(2)3)16-21(22)18(4)25(28)26(29)27-13-12-19-8-11-23(30-5)24(15-19)31-6/h7-11,15-17H,1,12-14H2,2-6H3,(H,27,29). The van der Waals surface area contributed by atoms with Crippen LogP contribution in [-0.4, -0.2) is 31.2 Å². The maximum atomic E-state index is 13.2. The van der Waals surface area contributed by atoms with E-state index < -0.39 is 0 Å². The van der Waals surface area contributed by atoms with Crippen LogP contribution in [0.4, 0.5) is 0 Å². The van der Waals surface area contributed by atoms with Gasteiger partial charge in [-0.15, -0.1) is 6.58 Å². The molecule has 1 heterocycles. The van der Waals surface area contributed by atoms with Crippen molar-refractivity contribution in [3.05, 3.63) is 71.4 Å². The second-order valence-electron chi connectivity index (χ2n) is 8.00. The van der Waals surface area contributed by atoms with Crippen molar-refractivity contribution >= 4 is 16.8 Å². The Labute approximate surface area is 184 Å². The van der Waals surface area contributed by atoms with Gasteiger partial charge in [-0.1, -0.05) is 32.1 Å². The monoisotopic (exact) mass is 420 g/mol. The Kier molecular flexibility index (Phi) is 7.06. The van der Waals surface area contributed by atoms with Crippen molar-refractivity contribution < 1.29 is 14.3 Å². The number of rotatable bonds is 9. The van der Waals surface area contributed by atoms with E-state index in [0.717, 1.165) is 22.0 Å². The number of aromatic nitrogens is 1. The Morgan fingerprint density at radius 3 is 2.52 bits per heavy atom. The first-order valence-corrected chi connectivity index (χ1v) is 10.6. The lowest BCUT2D eigenvalue weighted by Gasteiger charge is -2.12. The molecular formula is C26H32N2O3. The van der Waals surface area contributed by atoms with E-state index in [0.29, 0.717) is 42.6 Å². The molecule has 0 saturated carbocycles. The van der Waals surface area contributed by atoms with Crippen LogP contribution in [0, 0.1) is 6.92 Å². The average molecular weight is 421 g/mol. The summed E-state index contributed by atoms with van der Waals surface area (Å²) in [5, 5.41) is 4.21. The second kappa shape index (κ2) is 9.73. The van der Waals surface area contributed by atoms with E-state index in [1.807, 2.05) is 35.8 Å². The lowest BCUT2D eigenvalue weighted by Crippen LogP contribution is -2.28. The lowest BCUT2D eigenvalue weighted by molar-refractivity contribution is 0.0945. The highest BCUT2D eigenvalue weighted by Crippen LogP contribution is 2.30. The zero-order valence-electron chi connectivity index (χ0n) is 19.1. The van der Waals surface area contributed by atoms with Gasteiger partial charge in [0.25, 0.3) is 5.91 Å². The molecule has 2 aromatic carbocycles. The summed E-state index contributed by atoms with van der Waals surface area (Å²) in [6, 6.07) is 12.3. The number of benzene rings is 2. The second-order valence-corrected chi connectivity index (χ2v) is 8.00. The van der Waals surface area contributed by atoms with E-state index in [9.17, 15) is 4.79 Å². The van der Waals surface area contributed by atoms with Crippen molar-refractivity contribution in [2.45, 2.75) is 39.7 Å². The molecule has 0 radical (unpaired) electrons. The molecule has 1 amide bonds. The maximum Gasteiger partial charge on any atom is 0.268 e. The third kappa shape index (κ3) is 4.61. The van der Waals surface area contributed by atoms with Gasteiger partial charge in [0.15, 0.2) is 11.5 Å². The van der Waals surface area contributed by atoms with Crippen LogP contribution in [0.15, 0.2) is 49.1 Å². The summed E-state index contributed by atoms with van der Waals surface area (Å²) in [6.07, 6.45) is 2.53. The predicted octanol–water partition coefficient (Wildman–Crippen LogP) is 5.25. The topological polar surface area (TPSA) is 52.5 Å². The highest BCUT2D eigenvalue weighted by Gasteiger charge is 2.20. The molecule has 0 unspecified atom stereocenters. The third-order valence-electron chi connectivity index (χ3n) is 5.68. The molecule has 31 heavy (non-hydrogen) atoms. The van der Waals surface area contributed by atoms with Gasteiger partial charge in [-0.2, -0.15) is 0 Å². The highest BCUT2D eigenvalue weighted by atomic mass is 16.5. The third-order valence-corrected chi connectivity index (χ3v) is 5.68. The fourth-order valence-electron chi connectivity index (χ4n) is 3.95. The molecule has 0 atom stereocenters. The summed E-state index contributed by atoms with van der Waals surface area (Å²) < 4.78 is 12.7. The number of amides is 1. The molecule has 1 aromatic heterocycles. The molecule has 0 aliphatic carbocycles. The maximum absolute atomic E-state index is 13.2. The largest absolute Gasteiger partial charge is 0.493 e. The number of fused-ring (bicyclic) bond motifs is 1. The van der Waals surface area contributed by atoms with E-state index >= 15 is 0 Å². The van der Waals surface area contributed by atoms with Crippen molar-refractivity contribution in [3.63, 3.8) is 0 Å². The first kappa shape index (κ1) is 22.5. The van der Waals surface area contributed by atoms with Gasteiger partial charge in [0.05, 0.1) is 14.2 Å². The number of nitrogens with one attached hydrogen (secondary N) is 1. The molecule has 0 fully saturated rings. The number of carbonyl (C=O) groups is 1. The zero-order valence-corrected chi connectivity index (χ0v) is 19.1. The molecule has 1 N–H and O–H groups in total. The summed E-state index contributed by atoms with van der Waals surface area (Å²) >= 11 is 0. The van der Waals surface area contributed by atoms with Gasteiger partial charge in [0.2, 0.25) is 0 Å². The zero-order chi connectivity index (χ0) is 22.5. The van der Waals surface area contributed by atoms with Crippen LogP contribution < -0.4 is 14.8 Å². The summed E-state index contributed by atoms with van der Waals surface area (Å²) in [6.45, 7) is 11.4. The Hall–Kier alpha value is -3.21. The first-order valence-electron chi connectivity index (χ1n) is 10.6. The van der Waals surface area contributed by atoms with E-state index in [4.69, 9.17) is 9.47 Å². The predicted molar refractivity (Wildman–Crippen MR) is 127 cm³/mol. The molecule has 5 nitrogen and oxygen atoms in total. The van der Waals surface area contributed by atoms with E-state index in [-0.39, 0.29) is 5.91 Å². The number of hydrogen-bond acceptors (Lipinski definition) is 3. The first-order chi connectivity index (χ1) is 14.9. The van der Waals surface area contributed by atoms with Crippen molar-refractivity contribution in [1.29, 1.82) is 0 Å². The van der Waals surface area contributed by atoms with Crippen LogP contribution in [0.2, 0.25) is 0 Å². The Bertz CT molecular complexity index is 1100. The minimum atomic E-state index is -0.0675. The highest BCUT2D eigenvalue weighted by molar-refractivity contribution is 6.01. The van der Waals surface area contributed by atoms with Gasteiger partial charge in [-0.25, -0.2) is 0 Å². The quantitative estimate of drug-likeness (QED) is 0.481. The number of nitrogens with zero attached hydrogens (tertiary/aromatic N) is 1. The normalized spacial score (nSPS) is 11.0. The van der Waals surface area contributed by atoms with Crippen molar-refractivity contribution in [2.75, 3.05) is 20.8 Å². The fourth-order valence-corrected chi connectivity index (χ4v) is 3.95. The van der Waals surface area contributed by atoms with Crippen LogP contribution in [0.1, 0.15) is 46.9 Å². The van der Waals surface area contributed by atoms with Gasteiger partial charge in [-0.05, 0) is 60.2 Å². The molecule has 3 aromatic rings. The molecule has 0 aliphatic heterocycles. The average Bonchev–Trinajstić information content (AvgIpc) is 3.04. The molecule has 0 spiro atoms. The van der Waals surface area contributed by atoms with Gasteiger partial charge in [0.1, 0.15) is 5.69 Å². The number of aryl methyl sites for hydroxylation is 1. The van der Waals surface area contributed by atoms with Crippen molar-refractivity contribution in [3.8, 4) is 11.5 Å².